The van der Waals surface area contributed by atoms with E-state index in [0.717, 1.165) is 28.0 Å². The molecule has 0 fully saturated rings. The van der Waals surface area contributed by atoms with Gasteiger partial charge in [0.25, 0.3) is 0 Å². The van der Waals surface area contributed by atoms with E-state index in [0.29, 0.717) is 0 Å². The molecule has 0 aliphatic heterocycles. The maximum absolute atomic E-state index is 10.9. The minimum Gasteiger partial charge on any atom is -0.380 e. The Morgan fingerprint density at radius 2 is 1.85 bits per heavy atom. The van der Waals surface area contributed by atoms with Crippen molar-refractivity contribution in [1.29, 1.82) is 0 Å². The van der Waals surface area contributed by atoms with Gasteiger partial charge in [0.15, 0.2) is 0 Å². The zero-order valence-electron chi connectivity index (χ0n) is 11.5. The lowest BCUT2D eigenvalue weighted by molar-refractivity contribution is -0.114. The molecule has 2 aromatic rings. The van der Waals surface area contributed by atoms with Crippen LogP contribution in [0, 0.1) is 6.92 Å². The van der Waals surface area contributed by atoms with Crippen molar-refractivity contribution in [3.05, 3.63) is 58.1 Å². The molecule has 0 atom stereocenters. The van der Waals surface area contributed by atoms with E-state index in [1.165, 1.54) is 12.5 Å². The van der Waals surface area contributed by atoms with Crippen LogP contribution in [0.3, 0.4) is 0 Å². The van der Waals surface area contributed by atoms with Crippen LogP contribution in [-0.4, -0.2) is 5.91 Å². The van der Waals surface area contributed by atoms with Gasteiger partial charge in [0, 0.05) is 29.3 Å². The summed E-state index contributed by atoms with van der Waals surface area (Å²) >= 11 is 3.53. The van der Waals surface area contributed by atoms with E-state index >= 15 is 0 Å². The molecule has 2 rings (SSSR count). The van der Waals surface area contributed by atoms with E-state index in [2.05, 4.69) is 45.6 Å². The minimum absolute atomic E-state index is 0.0560. The Kier molecular flexibility index (Phi) is 4.79. The van der Waals surface area contributed by atoms with Gasteiger partial charge in [0.2, 0.25) is 5.91 Å². The fraction of sp³-hybridized carbons (Fsp3) is 0.188. The standard InChI is InChI=1S/C16H17BrN2O/c1-11-3-8-15(17)16(9-11)18-10-13-4-6-14(7-5-13)19-12(2)20/h3-9,18H,10H2,1-2H3,(H,19,20). The fourth-order valence-corrected chi connectivity index (χ4v) is 2.27. The molecule has 104 valence electrons. The Hall–Kier alpha value is -1.81. The molecule has 20 heavy (non-hydrogen) atoms. The maximum Gasteiger partial charge on any atom is 0.221 e. The van der Waals surface area contributed by atoms with Gasteiger partial charge in [-0.1, -0.05) is 18.2 Å². The molecule has 0 bridgehead atoms. The summed E-state index contributed by atoms with van der Waals surface area (Å²) in [4.78, 5) is 10.9. The van der Waals surface area contributed by atoms with Gasteiger partial charge >= 0.3 is 0 Å². The smallest absolute Gasteiger partial charge is 0.221 e. The summed E-state index contributed by atoms with van der Waals surface area (Å²) in [6, 6.07) is 14.0. The molecule has 0 unspecified atom stereocenters. The van der Waals surface area contributed by atoms with Gasteiger partial charge < -0.3 is 10.6 Å². The monoisotopic (exact) mass is 332 g/mol. The molecule has 0 spiro atoms. The van der Waals surface area contributed by atoms with Crippen LogP contribution in [0.4, 0.5) is 11.4 Å². The summed E-state index contributed by atoms with van der Waals surface area (Å²) in [5.41, 5.74) is 4.28. The van der Waals surface area contributed by atoms with Crippen LogP contribution < -0.4 is 10.6 Å². The molecule has 0 aliphatic rings. The number of hydrogen-bond donors (Lipinski definition) is 2. The van der Waals surface area contributed by atoms with E-state index < -0.39 is 0 Å². The van der Waals surface area contributed by atoms with Crippen molar-refractivity contribution < 1.29 is 4.79 Å². The summed E-state index contributed by atoms with van der Waals surface area (Å²) in [6.45, 7) is 4.31. The lowest BCUT2D eigenvalue weighted by Crippen LogP contribution is -2.06. The lowest BCUT2D eigenvalue weighted by atomic mass is 10.2. The minimum atomic E-state index is -0.0560. The van der Waals surface area contributed by atoms with Crippen LogP contribution in [0.25, 0.3) is 0 Å². The van der Waals surface area contributed by atoms with Crippen molar-refractivity contribution >= 4 is 33.2 Å². The predicted octanol–water partition coefficient (Wildman–Crippen LogP) is 4.33. The average Bonchev–Trinajstić information content (AvgIpc) is 2.41. The molecule has 2 N–H and O–H groups in total. The first-order valence-electron chi connectivity index (χ1n) is 6.41. The Morgan fingerprint density at radius 3 is 2.50 bits per heavy atom. The summed E-state index contributed by atoms with van der Waals surface area (Å²) < 4.78 is 1.05. The number of amides is 1. The third-order valence-corrected chi connectivity index (χ3v) is 3.57. The fourth-order valence-electron chi connectivity index (χ4n) is 1.88. The maximum atomic E-state index is 10.9. The highest BCUT2D eigenvalue weighted by molar-refractivity contribution is 9.10. The Morgan fingerprint density at radius 1 is 1.15 bits per heavy atom. The van der Waals surface area contributed by atoms with Gasteiger partial charge in [0.1, 0.15) is 0 Å². The Balaban J connectivity index is 2.00. The van der Waals surface area contributed by atoms with Crippen LogP contribution in [-0.2, 0) is 11.3 Å². The molecule has 0 aliphatic carbocycles. The van der Waals surface area contributed by atoms with Crippen LogP contribution in [0.15, 0.2) is 46.9 Å². The number of aryl methyl sites for hydroxylation is 1. The predicted molar refractivity (Wildman–Crippen MR) is 87.0 cm³/mol. The van der Waals surface area contributed by atoms with Gasteiger partial charge in [-0.3, -0.25) is 4.79 Å². The van der Waals surface area contributed by atoms with E-state index in [1.807, 2.05) is 30.3 Å². The number of carbonyl (C=O) groups excluding carboxylic acids is 1. The van der Waals surface area contributed by atoms with Gasteiger partial charge in [-0.25, -0.2) is 0 Å². The van der Waals surface area contributed by atoms with Crippen LogP contribution in [0.2, 0.25) is 0 Å². The Labute approximate surface area is 127 Å². The highest BCUT2D eigenvalue weighted by atomic mass is 79.9. The third-order valence-electron chi connectivity index (χ3n) is 2.88. The SMILES string of the molecule is CC(=O)Nc1ccc(CNc2cc(C)ccc2Br)cc1. The molecule has 0 heterocycles. The molecular weight excluding hydrogens is 316 g/mol. The van der Waals surface area contributed by atoms with Crippen LogP contribution >= 0.6 is 15.9 Å². The second-order valence-electron chi connectivity index (χ2n) is 4.71. The number of halogens is 1. The van der Waals surface area contributed by atoms with Crippen molar-refractivity contribution in [3.8, 4) is 0 Å². The molecular formula is C16H17BrN2O. The van der Waals surface area contributed by atoms with Gasteiger partial charge in [-0.15, -0.1) is 0 Å². The number of benzene rings is 2. The largest absolute Gasteiger partial charge is 0.380 e. The third kappa shape index (κ3) is 4.10. The van der Waals surface area contributed by atoms with Crippen LogP contribution in [0.1, 0.15) is 18.1 Å². The molecule has 0 saturated heterocycles. The summed E-state index contributed by atoms with van der Waals surface area (Å²) in [7, 11) is 0. The number of carbonyl (C=O) groups is 1. The lowest BCUT2D eigenvalue weighted by Gasteiger charge is -2.10. The molecule has 0 saturated carbocycles. The van der Waals surface area contributed by atoms with E-state index in [-0.39, 0.29) is 5.91 Å². The van der Waals surface area contributed by atoms with Crippen molar-refractivity contribution in [2.24, 2.45) is 0 Å². The second-order valence-corrected chi connectivity index (χ2v) is 5.57. The van der Waals surface area contributed by atoms with E-state index in [9.17, 15) is 4.79 Å². The zero-order chi connectivity index (χ0) is 14.5. The van der Waals surface area contributed by atoms with Crippen LogP contribution in [0.5, 0.6) is 0 Å². The first-order chi connectivity index (χ1) is 9.54. The summed E-state index contributed by atoms with van der Waals surface area (Å²) in [5, 5.41) is 6.15. The van der Waals surface area contributed by atoms with E-state index in [1.54, 1.807) is 0 Å². The first-order valence-corrected chi connectivity index (χ1v) is 7.20. The Bertz CT molecular complexity index is 608. The number of anilines is 2. The molecule has 0 radical (unpaired) electrons. The molecule has 2 aromatic carbocycles. The molecule has 4 heteroatoms. The van der Waals surface area contributed by atoms with Crippen molar-refractivity contribution in [3.63, 3.8) is 0 Å². The molecule has 0 aromatic heterocycles. The van der Waals surface area contributed by atoms with Crippen molar-refractivity contribution in [1.82, 2.24) is 0 Å². The molecule has 1 amide bonds. The van der Waals surface area contributed by atoms with Gasteiger partial charge in [-0.05, 0) is 58.2 Å². The summed E-state index contributed by atoms with van der Waals surface area (Å²) in [5.74, 6) is -0.0560. The second kappa shape index (κ2) is 6.57. The number of hydrogen-bond acceptors (Lipinski definition) is 2. The summed E-state index contributed by atoms with van der Waals surface area (Å²) in [6.07, 6.45) is 0. The van der Waals surface area contributed by atoms with Gasteiger partial charge in [0.05, 0.1) is 0 Å². The average molecular weight is 333 g/mol. The quantitative estimate of drug-likeness (QED) is 0.874. The highest BCUT2D eigenvalue weighted by Crippen LogP contribution is 2.24. The van der Waals surface area contributed by atoms with Crippen molar-refractivity contribution in [2.45, 2.75) is 20.4 Å². The van der Waals surface area contributed by atoms with Crippen molar-refractivity contribution in [2.75, 3.05) is 10.6 Å². The number of rotatable bonds is 4. The number of nitrogens with one attached hydrogen (secondary N) is 2. The normalized spacial score (nSPS) is 10.2. The van der Waals surface area contributed by atoms with E-state index in [4.69, 9.17) is 0 Å². The zero-order valence-corrected chi connectivity index (χ0v) is 13.1. The highest BCUT2D eigenvalue weighted by Gasteiger charge is 2.01. The first kappa shape index (κ1) is 14.6. The van der Waals surface area contributed by atoms with Gasteiger partial charge in [-0.2, -0.15) is 0 Å². The topological polar surface area (TPSA) is 41.1 Å². The molecule has 3 nitrogen and oxygen atoms in total.